The maximum Gasteiger partial charge on any atom is 0.238 e. The highest BCUT2D eigenvalue weighted by Gasteiger charge is 2.14. The van der Waals surface area contributed by atoms with Gasteiger partial charge in [-0.3, -0.25) is 8.93 Å². The summed E-state index contributed by atoms with van der Waals surface area (Å²) in [7, 11) is -1.13. The lowest BCUT2D eigenvalue weighted by Crippen LogP contribution is -2.07. The van der Waals surface area contributed by atoms with E-state index in [1.54, 1.807) is 30.5 Å². The summed E-state index contributed by atoms with van der Waals surface area (Å²) in [4.78, 5) is 10.3. The van der Waals surface area contributed by atoms with Gasteiger partial charge in [0, 0.05) is 33.4 Å². The van der Waals surface area contributed by atoms with Crippen molar-refractivity contribution in [1.82, 2.24) is 9.97 Å². The average Bonchev–Trinajstić information content (AvgIpc) is 3.00. The van der Waals surface area contributed by atoms with Crippen LogP contribution in [0.15, 0.2) is 94.9 Å². The van der Waals surface area contributed by atoms with Crippen molar-refractivity contribution in [3.8, 4) is 34.2 Å². The molecule has 5 rings (SSSR count). The van der Waals surface area contributed by atoms with E-state index in [2.05, 4.69) is 20.8 Å². The second kappa shape index (κ2) is 11.7. The highest BCUT2D eigenvalue weighted by atomic mass is 32.2. The fraction of sp³-hybridized carbons (Fsp3) is 0.100. The summed E-state index contributed by atoms with van der Waals surface area (Å²) in [5.41, 5.74) is 11.3. The number of nitrogens with zero attached hydrogens (tertiary/aromatic N) is 3. The lowest BCUT2D eigenvalue weighted by Gasteiger charge is -2.13. The number of anilines is 2. The number of nitrogens with two attached hydrogens (primary N) is 1. The smallest absolute Gasteiger partial charge is 0.238 e. The number of ether oxygens (including phenoxy) is 1. The summed E-state index contributed by atoms with van der Waals surface area (Å²) in [5, 5.41) is 9.90. The summed E-state index contributed by atoms with van der Waals surface area (Å²) in [6, 6.07) is 25.7. The number of nitrogen functional groups attached to an aromatic ring is 1. The average molecular weight is 568 g/mol. The van der Waals surface area contributed by atoms with Crippen LogP contribution in [0.3, 0.4) is 0 Å². The van der Waals surface area contributed by atoms with Crippen molar-refractivity contribution in [2.45, 2.75) is 16.7 Å². The summed E-state index contributed by atoms with van der Waals surface area (Å²) in [6.45, 7) is 1.89. The van der Waals surface area contributed by atoms with Crippen LogP contribution < -0.4 is 15.2 Å². The molecular weight excluding hydrogens is 542 g/mol. The van der Waals surface area contributed by atoms with Gasteiger partial charge in [-0.05, 0) is 71.8 Å². The molecule has 2 atom stereocenters. The molecule has 0 aliphatic rings. The van der Waals surface area contributed by atoms with Crippen molar-refractivity contribution in [2.24, 2.45) is 0 Å². The highest BCUT2D eigenvalue weighted by molar-refractivity contribution is 7.86. The molecule has 0 aliphatic heterocycles. The zero-order chi connectivity index (χ0) is 28.2. The Hall–Kier alpha value is -4.59. The molecule has 10 heteroatoms. The minimum Gasteiger partial charge on any atom is -0.480 e. The molecule has 0 spiro atoms. The fourth-order valence-corrected chi connectivity index (χ4v) is 5.83. The fourth-order valence-electron chi connectivity index (χ4n) is 4.21. The van der Waals surface area contributed by atoms with E-state index < -0.39 is 21.8 Å². The maximum absolute atomic E-state index is 13.0. The van der Waals surface area contributed by atoms with Gasteiger partial charge in [0.15, 0.2) is 0 Å². The van der Waals surface area contributed by atoms with Crippen molar-refractivity contribution in [3.63, 3.8) is 0 Å². The topological polar surface area (TPSA) is 131 Å². The summed E-state index contributed by atoms with van der Waals surface area (Å²) in [5.74, 6) is 1.27. The molecular formula is C30H25N5O3S2. The summed E-state index contributed by atoms with van der Waals surface area (Å²) >= 11 is 0. The van der Waals surface area contributed by atoms with Gasteiger partial charge in [-0.25, -0.2) is 14.2 Å². The Kier molecular flexibility index (Phi) is 7.86. The van der Waals surface area contributed by atoms with Gasteiger partial charge in [-0.2, -0.15) is 5.26 Å². The van der Waals surface area contributed by atoms with Crippen LogP contribution in [0.25, 0.3) is 33.2 Å². The van der Waals surface area contributed by atoms with E-state index in [-0.39, 0.29) is 0 Å². The van der Waals surface area contributed by atoms with Gasteiger partial charge in [0.25, 0.3) is 0 Å². The third kappa shape index (κ3) is 5.57. The number of aromatic nitrogens is 2. The normalized spacial score (nSPS) is 12.4. The molecule has 200 valence electrons. The van der Waals surface area contributed by atoms with Gasteiger partial charge in [0.2, 0.25) is 5.88 Å². The number of nitrogens with one attached hydrogen (secondary N) is 1. The predicted octanol–water partition coefficient (Wildman–Crippen LogP) is 5.69. The van der Waals surface area contributed by atoms with Crippen LogP contribution in [0.5, 0.6) is 5.88 Å². The monoisotopic (exact) mass is 567 g/mol. The van der Waals surface area contributed by atoms with Gasteiger partial charge < -0.3 is 10.5 Å². The number of hydrogen-bond donors (Lipinski definition) is 2. The van der Waals surface area contributed by atoms with Crippen molar-refractivity contribution >= 4 is 44.2 Å². The third-order valence-electron chi connectivity index (χ3n) is 6.31. The Morgan fingerprint density at radius 3 is 2.30 bits per heavy atom. The van der Waals surface area contributed by atoms with Gasteiger partial charge in [0.05, 0.1) is 40.0 Å². The molecule has 0 fully saturated rings. The number of methoxy groups -OCH3 is 1. The lowest BCUT2D eigenvalue weighted by molar-refractivity contribution is 0.400. The minimum absolute atomic E-state index is 0.302. The molecule has 2 unspecified atom stereocenters. The van der Waals surface area contributed by atoms with E-state index in [0.717, 1.165) is 38.1 Å². The standard InChI is InChI=1S/C30H25N5O3S2/c1-3-39(36)24-11-6-20(7-12-24)26-15-22-14-21(8-13-27(22)34-29(26)32)23-16-28(30(38-2)33-18-23)35-40(37)25-9-4-19(17-31)5-10-25/h4-16,18,35H,3H2,1-2H3,(H2,32,34). The van der Waals surface area contributed by atoms with Crippen LogP contribution in [0.1, 0.15) is 12.5 Å². The second-order valence-corrected chi connectivity index (χ2v) is 11.7. The van der Waals surface area contributed by atoms with Crippen LogP contribution >= 0.6 is 0 Å². The molecule has 0 aliphatic carbocycles. The van der Waals surface area contributed by atoms with Gasteiger partial charge in [0.1, 0.15) is 22.5 Å². The number of rotatable bonds is 8. The number of nitriles is 1. The first-order chi connectivity index (χ1) is 19.4. The Labute approximate surface area is 236 Å². The Bertz CT molecular complexity index is 1800. The van der Waals surface area contributed by atoms with E-state index in [9.17, 15) is 8.42 Å². The van der Waals surface area contributed by atoms with E-state index in [1.165, 1.54) is 7.11 Å². The quantitative estimate of drug-likeness (QED) is 0.246. The van der Waals surface area contributed by atoms with Crippen LogP contribution in [0, 0.1) is 11.3 Å². The highest BCUT2D eigenvalue weighted by Crippen LogP contribution is 2.33. The van der Waals surface area contributed by atoms with Gasteiger partial charge >= 0.3 is 0 Å². The molecule has 0 bridgehead atoms. The number of benzene rings is 3. The minimum atomic E-state index is -1.60. The largest absolute Gasteiger partial charge is 0.480 e. The van der Waals surface area contributed by atoms with Gasteiger partial charge in [-0.15, -0.1) is 0 Å². The molecule has 0 radical (unpaired) electrons. The van der Waals surface area contributed by atoms with Crippen LogP contribution in [0.2, 0.25) is 0 Å². The van der Waals surface area contributed by atoms with Crippen molar-refractivity contribution in [2.75, 3.05) is 23.3 Å². The lowest BCUT2D eigenvalue weighted by atomic mass is 10.0. The zero-order valence-corrected chi connectivity index (χ0v) is 23.4. The Balaban J connectivity index is 1.48. The first kappa shape index (κ1) is 27.0. The first-order valence-electron chi connectivity index (χ1n) is 12.3. The molecule has 2 aromatic heterocycles. The second-order valence-electron chi connectivity index (χ2n) is 8.78. The molecule has 2 heterocycles. The Morgan fingerprint density at radius 1 is 0.925 bits per heavy atom. The molecule has 5 aromatic rings. The number of fused-ring (bicyclic) bond motifs is 1. The summed E-state index contributed by atoms with van der Waals surface area (Å²) in [6.07, 6.45) is 1.69. The van der Waals surface area contributed by atoms with Crippen molar-refractivity contribution < 1.29 is 13.2 Å². The molecule has 0 saturated heterocycles. The molecule has 8 nitrogen and oxygen atoms in total. The van der Waals surface area contributed by atoms with E-state index in [4.69, 9.17) is 15.7 Å². The van der Waals surface area contributed by atoms with E-state index >= 15 is 0 Å². The van der Waals surface area contributed by atoms with Crippen LogP contribution in [-0.2, 0) is 21.8 Å². The van der Waals surface area contributed by atoms with Crippen molar-refractivity contribution in [3.05, 3.63) is 90.6 Å². The zero-order valence-electron chi connectivity index (χ0n) is 21.8. The third-order valence-corrected chi connectivity index (χ3v) is 8.74. The predicted molar refractivity (Wildman–Crippen MR) is 160 cm³/mol. The first-order valence-corrected chi connectivity index (χ1v) is 14.8. The maximum atomic E-state index is 13.0. The van der Waals surface area contributed by atoms with E-state index in [1.807, 2.05) is 61.5 Å². The van der Waals surface area contributed by atoms with Crippen molar-refractivity contribution in [1.29, 1.82) is 5.26 Å². The number of hydrogen-bond acceptors (Lipinski definition) is 7. The van der Waals surface area contributed by atoms with Gasteiger partial charge in [-0.1, -0.05) is 25.1 Å². The molecule has 40 heavy (non-hydrogen) atoms. The number of pyridine rings is 2. The molecule has 0 saturated carbocycles. The molecule has 3 N–H and O–H groups in total. The van der Waals surface area contributed by atoms with E-state index in [0.29, 0.717) is 33.6 Å². The van der Waals surface area contributed by atoms with Crippen LogP contribution in [0.4, 0.5) is 11.5 Å². The molecule has 0 amide bonds. The summed E-state index contributed by atoms with van der Waals surface area (Å²) < 4.78 is 33.5. The molecule has 3 aromatic carbocycles. The SMILES string of the molecule is CCS(=O)c1ccc(-c2cc3cc(-c4cnc(OC)c(NS(=O)c5ccc(C#N)cc5)c4)ccc3nc2N)cc1. The Morgan fingerprint density at radius 2 is 1.62 bits per heavy atom. The van der Waals surface area contributed by atoms with Crippen LogP contribution in [-0.4, -0.2) is 31.2 Å².